The lowest BCUT2D eigenvalue weighted by molar-refractivity contribution is -0.115. The van der Waals surface area contributed by atoms with Gasteiger partial charge in [0, 0.05) is 17.1 Å². The van der Waals surface area contributed by atoms with Crippen LogP contribution in [0.15, 0.2) is 63.7 Å². The highest BCUT2D eigenvalue weighted by molar-refractivity contribution is 7.92. The second-order valence-electron chi connectivity index (χ2n) is 7.44. The lowest BCUT2D eigenvalue weighted by Crippen LogP contribution is -2.34. The molecule has 4 N–H and O–H groups in total. The molecule has 3 heterocycles. The van der Waals surface area contributed by atoms with Crippen molar-refractivity contribution in [3.63, 3.8) is 0 Å². The summed E-state index contributed by atoms with van der Waals surface area (Å²) >= 11 is 0.336. The zero-order valence-corrected chi connectivity index (χ0v) is 19.8. The van der Waals surface area contributed by atoms with Crippen LogP contribution in [0.5, 0.6) is 5.88 Å². The number of pyridine rings is 2. The Balaban J connectivity index is 1.52. The number of rotatable bonds is 6. The number of aromatic hydroxyl groups is 1. The molecule has 4 rings (SSSR count). The standard InChI is InChI=1S/C21H15F4N5O5S2/c22-15-4-6-18(36-15)37(34,35)29-20(33)28-13-2-5-16(26-9-13)30-17(31)8-11-7-12(27-10-21(23,24)25)1-3-14(11)19(30)32/h1-9,27,32H,10H2,(H2,28,29,33). The highest BCUT2D eigenvalue weighted by atomic mass is 32.2. The summed E-state index contributed by atoms with van der Waals surface area (Å²) in [5, 5.41) is 14.7. The molecule has 37 heavy (non-hydrogen) atoms. The number of benzene rings is 1. The van der Waals surface area contributed by atoms with Crippen LogP contribution in [0.1, 0.15) is 0 Å². The van der Waals surface area contributed by atoms with Gasteiger partial charge in [0.15, 0.2) is 5.13 Å². The van der Waals surface area contributed by atoms with Gasteiger partial charge in [0.1, 0.15) is 16.6 Å². The Hall–Kier alpha value is -4.18. The average Bonchev–Trinajstić information content (AvgIpc) is 3.25. The van der Waals surface area contributed by atoms with E-state index in [0.717, 1.165) is 29.0 Å². The third-order valence-corrected chi connectivity index (χ3v) is 7.47. The quantitative estimate of drug-likeness (QED) is 0.264. The molecule has 3 aromatic heterocycles. The first-order chi connectivity index (χ1) is 17.3. The Kier molecular flexibility index (Phi) is 6.79. The van der Waals surface area contributed by atoms with Crippen LogP contribution in [0, 0.1) is 5.13 Å². The van der Waals surface area contributed by atoms with Crippen molar-refractivity contribution >= 4 is 49.5 Å². The molecule has 2 amide bonds. The molecule has 194 valence electrons. The summed E-state index contributed by atoms with van der Waals surface area (Å²) in [4.78, 5) is 28.7. The van der Waals surface area contributed by atoms with E-state index in [4.69, 9.17) is 0 Å². The molecule has 0 unspecified atom stereocenters. The number of carbonyl (C=O) groups excluding carboxylic acids is 1. The molecule has 1 aromatic carbocycles. The van der Waals surface area contributed by atoms with Crippen LogP contribution in [-0.4, -0.2) is 41.8 Å². The summed E-state index contributed by atoms with van der Waals surface area (Å²) in [5.74, 6) is -0.582. The fourth-order valence-corrected chi connectivity index (χ4v) is 5.12. The maximum Gasteiger partial charge on any atom is 0.405 e. The number of anilines is 2. The second kappa shape index (κ2) is 9.70. The lowest BCUT2D eigenvalue weighted by atomic mass is 10.1. The minimum absolute atomic E-state index is 0.0301. The molecule has 0 aliphatic heterocycles. The largest absolute Gasteiger partial charge is 0.494 e. The van der Waals surface area contributed by atoms with E-state index in [2.05, 4.69) is 15.6 Å². The molecule has 16 heteroatoms. The molecule has 0 spiro atoms. The number of nitrogens with zero attached hydrogens (tertiary/aromatic N) is 2. The van der Waals surface area contributed by atoms with E-state index in [9.17, 15) is 40.7 Å². The summed E-state index contributed by atoms with van der Waals surface area (Å²) in [6.07, 6.45) is -3.35. The number of hydrogen-bond donors (Lipinski definition) is 4. The third kappa shape index (κ3) is 5.97. The zero-order chi connectivity index (χ0) is 27.0. The molecule has 0 fully saturated rings. The summed E-state index contributed by atoms with van der Waals surface area (Å²) in [5.41, 5.74) is -0.611. The number of fused-ring (bicyclic) bond motifs is 1. The first-order valence-corrected chi connectivity index (χ1v) is 12.4. The molecule has 10 nitrogen and oxygen atoms in total. The highest BCUT2D eigenvalue weighted by Crippen LogP contribution is 2.28. The SMILES string of the molecule is O=C(Nc1ccc(-n2c(O)c3ccc(NCC(F)(F)F)cc3cc2=O)nc1)NS(=O)(=O)c1ccc(F)s1. The Morgan fingerprint density at radius 1 is 1.08 bits per heavy atom. The number of thiophene rings is 1. The first-order valence-electron chi connectivity index (χ1n) is 10.1. The summed E-state index contributed by atoms with van der Waals surface area (Å²) in [7, 11) is -4.30. The number of halogens is 4. The molecule has 0 radical (unpaired) electrons. The number of urea groups is 1. The summed E-state index contributed by atoms with van der Waals surface area (Å²) in [6, 6.07) is 8.35. The normalized spacial score (nSPS) is 11.9. The maximum absolute atomic E-state index is 13.1. The van der Waals surface area contributed by atoms with Gasteiger partial charge in [-0.15, -0.1) is 0 Å². The van der Waals surface area contributed by atoms with E-state index >= 15 is 0 Å². The second-order valence-corrected chi connectivity index (χ2v) is 10.4. The van der Waals surface area contributed by atoms with Crippen LogP contribution in [0.2, 0.25) is 0 Å². The number of alkyl halides is 3. The van der Waals surface area contributed by atoms with E-state index in [1.54, 1.807) is 4.72 Å². The van der Waals surface area contributed by atoms with Crippen LogP contribution < -0.4 is 20.9 Å². The number of carbonyl (C=O) groups is 1. The molecule has 0 saturated carbocycles. The smallest absolute Gasteiger partial charge is 0.405 e. The molecule has 4 aromatic rings. The fraction of sp³-hybridized carbons (Fsp3) is 0.0952. The Morgan fingerprint density at radius 2 is 1.81 bits per heavy atom. The predicted molar refractivity (Wildman–Crippen MR) is 127 cm³/mol. The van der Waals surface area contributed by atoms with Gasteiger partial charge in [0.05, 0.1) is 11.9 Å². The van der Waals surface area contributed by atoms with Crippen molar-refractivity contribution in [2.45, 2.75) is 10.4 Å². The van der Waals surface area contributed by atoms with E-state index in [1.807, 2.05) is 0 Å². The highest BCUT2D eigenvalue weighted by Gasteiger charge is 2.26. The summed E-state index contributed by atoms with van der Waals surface area (Å²) in [6.45, 7) is -1.28. The van der Waals surface area contributed by atoms with E-state index in [1.165, 1.54) is 30.3 Å². The van der Waals surface area contributed by atoms with Crippen LogP contribution in [-0.2, 0) is 10.0 Å². The third-order valence-electron chi connectivity index (χ3n) is 4.77. The van der Waals surface area contributed by atoms with Gasteiger partial charge in [-0.3, -0.25) is 4.79 Å². The molecular formula is C21H15F4N5O5S2. The zero-order valence-electron chi connectivity index (χ0n) is 18.2. The van der Waals surface area contributed by atoms with Crippen LogP contribution in [0.4, 0.5) is 33.7 Å². The van der Waals surface area contributed by atoms with Gasteiger partial charge in [0.2, 0.25) is 5.88 Å². The van der Waals surface area contributed by atoms with E-state index < -0.39 is 49.6 Å². The van der Waals surface area contributed by atoms with Gasteiger partial charge >= 0.3 is 12.2 Å². The van der Waals surface area contributed by atoms with Gasteiger partial charge in [0.25, 0.3) is 15.6 Å². The predicted octanol–water partition coefficient (Wildman–Crippen LogP) is 3.78. The van der Waals surface area contributed by atoms with E-state index in [-0.39, 0.29) is 28.0 Å². The van der Waals surface area contributed by atoms with Gasteiger partial charge in [-0.05, 0) is 47.9 Å². The molecular weight excluding hydrogens is 542 g/mol. The van der Waals surface area contributed by atoms with Crippen molar-refractivity contribution in [2.75, 3.05) is 17.2 Å². The monoisotopic (exact) mass is 557 g/mol. The van der Waals surface area contributed by atoms with Crippen molar-refractivity contribution < 1.29 is 35.9 Å². The van der Waals surface area contributed by atoms with Gasteiger partial charge in [-0.1, -0.05) is 11.3 Å². The Bertz CT molecular complexity index is 1650. The van der Waals surface area contributed by atoms with Crippen molar-refractivity contribution in [3.8, 4) is 11.7 Å². The summed E-state index contributed by atoms with van der Waals surface area (Å²) < 4.78 is 76.8. The Morgan fingerprint density at radius 3 is 2.43 bits per heavy atom. The average molecular weight is 558 g/mol. The van der Waals surface area contributed by atoms with Crippen molar-refractivity contribution in [1.82, 2.24) is 14.3 Å². The first kappa shape index (κ1) is 25.9. The van der Waals surface area contributed by atoms with Crippen molar-refractivity contribution in [1.29, 1.82) is 0 Å². The van der Waals surface area contributed by atoms with Crippen LogP contribution in [0.25, 0.3) is 16.6 Å². The fourth-order valence-electron chi connectivity index (χ4n) is 3.21. The number of hydrogen-bond acceptors (Lipinski definition) is 8. The van der Waals surface area contributed by atoms with Gasteiger partial charge in [-0.2, -0.15) is 17.6 Å². The number of nitrogens with one attached hydrogen (secondary N) is 3. The maximum atomic E-state index is 13.1. The molecule has 0 aliphatic rings. The van der Waals surface area contributed by atoms with Crippen molar-refractivity contribution in [2.24, 2.45) is 0 Å². The topological polar surface area (TPSA) is 142 Å². The lowest BCUT2D eigenvalue weighted by Gasteiger charge is -2.13. The molecule has 0 saturated heterocycles. The van der Waals surface area contributed by atoms with Gasteiger partial charge in [-0.25, -0.2) is 27.5 Å². The number of amides is 2. The molecule has 0 aliphatic carbocycles. The Labute approximate surface area is 209 Å². The van der Waals surface area contributed by atoms with Crippen LogP contribution >= 0.6 is 11.3 Å². The van der Waals surface area contributed by atoms with Crippen molar-refractivity contribution in [3.05, 3.63) is 70.2 Å². The van der Waals surface area contributed by atoms with Crippen LogP contribution in [0.3, 0.4) is 0 Å². The molecule has 0 atom stereocenters. The van der Waals surface area contributed by atoms with Gasteiger partial charge < -0.3 is 15.7 Å². The minimum atomic E-state index is -4.44. The molecule has 0 bridgehead atoms. The van der Waals surface area contributed by atoms with E-state index in [0.29, 0.717) is 11.3 Å². The number of sulfonamides is 1. The minimum Gasteiger partial charge on any atom is -0.494 e. The number of aromatic nitrogens is 2.